The van der Waals surface area contributed by atoms with Gasteiger partial charge in [0.25, 0.3) is 0 Å². The minimum Gasteiger partial charge on any atom is -0.411 e. The van der Waals surface area contributed by atoms with Gasteiger partial charge >= 0.3 is 0 Å². The smallest absolute Gasteiger partial charge is 0.224 e. The maximum Gasteiger partial charge on any atom is 0.224 e. The van der Waals surface area contributed by atoms with Crippen LogP contribution in [0.4, 0.5) is 0 Å². The van der Waals surface area contributed by atoms with E-state index in [-0.39, 0.29) is 4.83 Å². The average molecular weight is 268 g/mol. The van der Waals surface area contributed by atoms with Gasteiger partial charge in [0.05, 0.1) is 4.83 Å². The zero-order chi connectivity index (χ0) is 11.2. The van der Waals surface area contributed by atoms with E-state index in [9.17, 15) is 0 Å². The molecule has 5 heteroatoms. The van der Waals surface area contributed by atoms with Crippen LogP contribution in [0.15, 0.2) is 5.16 Å². The van der Waals surface area contributed by atoms with Crippen LogP contribution in [0.5, 0.6) is 0 Å². The first-order valence-corrected chi connectivity index (χ1v) is 5.50. The van der Waals surface area contributed by atoms with E-state index < -0.39 is 5.79 Å². The fourth-order valence-electron chi connectivity index (χ4n) is 1.41. The Morgan fingerprint density at radius 3 is 2.14 bits per heavy atom. The van der Waals surface area contributed by atoms with Gasteiger partial charge in [-0.15, -0.1) is 0 Å². The number of hydrogen-bond acceptors (Lipinski definition) is 4. The standard InChI is InChI=1S/C9H18BrNO3/c1-5-7(10)9(13-3,14-4)8(6-2)11-12/h7,12H,5-6H2,1-4H3. The molecule has 0 radical (unpaired) electrons. The van der Waals surface area contributed by atoms with Crippen LogP contribution < -0.4 is 0 Å². The highest BCUT2D eigenvalue weighted by atomic mass is 79.9. The minimum absolute atomic E-state index is 0.0455. The molecule has 0 heterocycles. The van der Waals surface area contributed by atoms with Crippen LogP contribution >= 0.6 is 15.9 Å². The summed E-state index contributed by atoms with van der Waals surface area (Å²) in [6, 6.07) is 0. The molecule has 14 heavy (non-hydrogen) atoms. The molecule has 0 bridgehead atoms. The number of hydrogen-bond donors (Lipinski definition) is 1. The van der Waals surface area contributed by atoms with E-state index in [1.807, 2.05) is 13.8 Å². The van der Waals surface area contributed by atoms with Gasteiger partial charge in [-0.1, -0.05) is 34.9 Å². The van der Waals surface area contributed by atoms with Crippen LogP contribution in [0.25, 0.3) is 0 Å². The second-order valence-electron chi connectivity index (χ2n) is 2.85. The Morgan fingerprint density at radius 2 is 1.93 bits per heavy atom. The summed E-state index contributed by atoms with van der Waals surface area (Å²) in [5.41, 5.74) is 0.478. The Hall–Kier alpha value is -0.130. The van der Waals surface area contributed by atoms with Crippen molar-refractivity contribution in [1.82, 2.24) is 0 Å². The lowest BCUT2D eigenvalue weighted by molar-refractivity contribution is -0.154. The summed E-state index contributed by atoms with van der Waals surface area (Å²) >= 11 is 3.46. The van der Waals surface area contributed by atoms with E-state index in [0.717, 1.165) is 6.42 Å². The van der Waals surface area contributed by atoms with Crippen molar-refractivity contribution in [2.75, 3.05) is 14.2 Å². The normalized spacial score (nSPS) is 15.6. The molecule has 0 fully saturated rings. The molecule has 1 unspecified atom stereocenters. The molecule has 0 aromatic heterocycles. The molecule has 0 spiro atoms. The fraction of sp³-hybridized carbons (Fsp3) is 0.889. The molecule has 0 aliphatic carbocycles. The van der Waals surface area contributed by atoms with Crippen molar-refractivity contribution in [1.29, 1.82) is 0 Å². The predicted octanol–water partition coefficient (Wildman–Crippen LogP) is 2.39. The summed E-state index contributed by atoms with van der Waals surface area (Å²) in [4.78, 5) is -0.0455. The molecule has 0 aliphatic rings. The van der Waals surface area contributed by atoms with E-state index in [1.165, 1.54) is 14.2 Å². The lowest BCUT2D eigenvalue weighted by atomic mass is 10.0. The van der Waals surface area contributed by atoms with Gasteiger partial charge in [-0.25, -0.2) is 0 Å². The monoisotopic (exact) mass is 267 g/mol. The van der Waals surface area contributed by atoms with Crippen molar-refractivity contribution < 1.29 is 14.7 Å². The van der Waals surface area contributed by atoms with Gasteiger partial charge in [-0.05, 0) is 12.8 Å². The zero-order valence-electron chi connectivity index (χ0n) is 9.08. The van der Waals surface area contributed by atoms with E-state index in [0.29, 0.717) is 12.1 Å². The molecular formula is C9H18BrNO3. The molecule has 0 saturated carbocycles. The van der Waals surface area contributed by atoms with E-state index in [2.05, 4.69) is 21.1 Å². The third-order valence-electron chi connectivity index (χ3n) is 2.24. The number of halogens is 1. The Kier molecular flexibility index (Phi) is 6.31. The molecular weight excluding hydrogens is 250 g/mol. The molecule has 84 valence electrons. The molecule has 0 aromatic rings. The number of nitrogens with zero attached hydrogens (tertiary/aromatic N) is 1. The van der Waals surface area contributed by atoms with Gasteiger partial charge in [-0.3, -0.25) is 0 Å². The first-order valence-electron chi connectivity index (χ1n) is 4.58. The Morgan fingerprint density at radius 1 is 1.43 bits per heavy atom. The third kappa shape index (κ3) is 2.46. The second-order valence-corrected chi connectivity index (χ2v) is 3.96. The van der Waals surface area contributed by atoms with Crippen molar-refractivity contribution in [3.63, 3.8) is 0 Å². The zero-order valence-corrected chi connectivity index (χ0v) is 10.7. The van der Waals surface area contributed by atoms with Crippen LogP contribution in [-0.2, 0) is 9.47 Å². The highest BCUT2D eigenvalue weighted by molar-refractivity contribution is 9.09. The highest BCUT2D eigenvalue weighted by Crippen LogP contribution is 2.28. The SMILES string of the molecule is CCC(=NO)C(OC)(OC)C(Br)CC. The Balaban J connectivity index is 5.04. The Labute approximate surface area is 93.4 Å². The third-order valence-corrected chi connectivity index (χ3v) is 3.49. The predicted molar refractivity (Wildman–Crippen MR) is 59.3 cm³/mol. The summed E-state index contributed by atoms with van der Waals surface area (Å²) in [7, 11) is 3.07. The van der Waals surface area contributed by atoms with Crippen molar-refractivity contribution in [3.05, 3.63) is 0 Å². The molecule has 0 saturated heterocycles. The van der Waals surface area contributed by atoms with Gasteiger partial charge in [0, 0.05) is 14.2 Å². The second kappa shape index (κ2) is 6.37. The Bertz CT molecular complexity index is 192. The summed E-state index contributed by atoms with van der Waals surface area (Å²) in [6.45, 7) is 3.88. The van der Waals surface area contributed by atoms with E-state index >= 15 is 0 Å². The molecule has 0 rings (SSSR count). The first-order chi connectivity index (χ1) is 6.62. The van der Waals surface area contributed by atoms with Gasteiger partial charge in [0.15, 0.2) is 0 Å². The lowest BCUT2D eigenvalue weighted by Gasteiger charge is -2.34. The number of methoxy groups -OCH3 is 2. The van der Waals surface area contributed by atoms with Gasteiger partial charge < -0.3 is 14.7 Å². The maximum atomic E-state index is 8.88. The lowest BCUT2D eigenvalue weighted by Crippen LogP contribution is -2.50. The summed E-state index contributed by atoms with van der Waals surface area (Å²) in [6.07, 6.45) is 1.38. The van der Waals surface area contributed by atoms with Crippen LogP contribution in [0, 0.1) is 0 Å². The van der Waals surface area contributed by atoms with E-state index in [1.54, 1.807) is 0 Å². The number of alkyl halides is 1. The largest absolute Gasteiger partial charge is 0.411 e. The summed E-state index contributed by atoms with van der Waals surface area (Å²) in [5, 5.41) is 12.1. The van der Waals surface area contributed by atoms with Crippen LogP contribution in [-0.4, -0.2) is 35.8 Å². The topological polar surface area (TPSA) is 51.1 Å². The van der Waals surface area contributed by atoms with Gasteiger partial charge in [0.1, 0.15) is 5.71 Å². The quantitative estimate of drug-likeness (QED) is 0.264. The molecule has 4 nitrogen and oxygen atoms in total. The fourth-order valence-corrected chi connectivity index (χ4v) is 2.05. The van der Waals surface area contributed by atoms with Crippen molar-refractivity contribution in [3.8, 4) is 0 Å². The van der Waals surface area contributed by atoms with Crippen molar-refractivity contribution >= 4 is 21.6 Å². The van der Waals surface area contributed by atoms with E-state index in [4.69, 9.17) is 14.7 Å². The van der Waals surface area contributed by atoms with Crippen molar-refractivity contribution in [2.24, 2.45) is 5.16 Å². The average Bonchev–Trinajstić information content (AvgIpc) is 2.25. The van der Waals surface area contributed by atoms with Crippen LogP contribution in [0.2, 0.25) is 0 Å². The number of ether oxygens (including phenoxy) is 2. The summed E-state index contributed by atoms with van der Waals surface area (Å²) in [5.74, 6) is -0.974. The molecule has 1 N–H and O–H groups in total. The number of oxime groups is 1. The molecule has 1 atom stereocenters. The molecule has 0 aliphatic heterocycles. The van der Waals surface area contributed by atoms with Crippen LogP contribution in [0.1, 0.15) is 26.7 Å². The number of rotatable bonds is 6. The first kappa shape index (κ1) is 13.9. The maximum absolute atomic E-state index is 8.88. The van der Waals surface area contributed by atoms with Crippen molar-refractivity contribution in [2.45, 2.75) is 37.3 Å². The van der Waals surface area contributed by atoms with Crippen LogP contribution in [0.3, 0.4) is 0 Å². The highest BCUT2D eigenvalue weighted by Gasteiger charge is 2.42. The minimum atomic E-state index is -0.974. The summed E-state index contributed by atoms with van der Waals surface area (Å²) < 4.78 is 10.6. The van der Waals surface area contributed by atoms with Gasteiger partial charge in [-0.2, -0.15) is 0 Å². The van der Waals surface area contributed by atoms with Gasteiger partial charge in [0.2, 0.25) is 5.79 Å². The molecule has 0 amide bonds. The molecule has 0 aromatic carbocycles.